The summed E-state index contributed by atoms with van der Waals surface area (Å²) in [6.07, 6.45) is 0.739. The number of hydrogen-bond acceptors (Lipinski definition) is 2. The lowest BCUT2D eigenvalue weighted by Crippen LogP contribution is -2.38. The molecule has 0 aliphatic carbocycles. The molecule has 5 heteroatoms. The minimum atomic E-state index is -0.259. The van der Waals surface area contributed by atoms with E-state index < -0.39 is 0 Å². The Morgan fingerprint density at radius 2 is 2.04 bits per heavy atom. The minimum absolute atomic E-state index is 0.0241. The lowest BCUT2D eigenvalue weighted by Gasteiger charge is -2.27. The van der Waals surface area contributed by atoms with E-state index in [4.69, 9.17) is 4.74 Å². The fourth-order valence-electron chi connectivity index (χ4n) is 3.16. The molecule has 0 spiro atoms. The Bertz CT molecular complexity index is 889. The van der Waals surface area contributed by atoms with Gasteiger partial charge in [0.15, 0.2) is 6.61 Å². The normalized spacial score (nSPS) is 13.8. The van der Waals surface area contributed by atoms with Gasteiger partial charge in [0, 0.05) is 41.7 Å². The van der Waals surface area contributed by atoms with E-state index in [0.29, 0.717) is 18.8 Å². The number of hydrogen-bond donors (Lipinski definition) is 1. The van der Waals surface area contributed by atoms with E-state index in [2.05, 4.69) is 4.98 Å². The lowest BCUT2D eigenvalue weighted by atomic mass is 10.0. The molecule has 0 radical (unpaired) electrons. The van der Waals surface area contributed by atoms with Gasteiger partial charge in [-0.3, -0.25) is 4.79 Å². The molecule has 1 N–H and O–H groups in total. The van der Waals surface area contributed by atoms with Gasteiger partial charge in [-0.15, -0.1) is 0 Å². The Morgan fingerprint density at radius 1 is 1.21 bits per heavy atom. The standard InChI is InChI=1S/C19H17FN2O2/c20-13-6-7-15-16-11-22(9-8-17(16)21-18(15)10-13)19(23)12-24-14-4-2-1-3-5-14/h1-7,10,21H,8-9,11-12H2. The zero-order valence-electron chi connectivity index (χ0n) is 13.1. The highest BCUT2D eigenvalue weighted by molar-refractivity contribution is 5.86. The first-order valence-corrected chi connectivity index (χ1v) is 7.95. The maximum Gasteiger partial charge on any atom is 0.260 e. The maximum atomic E-state index is 13.4. The molecular formula is C19H17FN2O2. The molecule has 2 aromatic carbocycles. The van der Waals surface area contributed by atoms with Gasteiger partial charge in [0.25, 0.3) is 5.91 Å². The number of amides is 1. The van der Waals surface area contributed by atoms with Crippen LogP contribution in [0.3, 0.4) is 0 Å². The third-order valence-corrected chi connectivity index (χ3v) is 4.40. The molecule has 4 rings (SSSR count). The Kier molecular flexibility index (Phi) is 3.69. The molecular weight excluding hydrogens is 307 g/mol. The van der Waals surface area contributed by atoms with Crippen LogP contribution in [-0.4, -0.2) is 28.9 Å². The fourth-order valence-corrected chi connectivity index (χ4v) is 3.16. The van der Waals surface area contributed by atoms with E-state index >= 15 is 0 Å². The molecule has 0 saturated carbocycles. The molecule has 0 atom stereocenters. The van der Waals surface area contributed by atoms with E-state index in [1.165, 1.54) is 12.1 Å². The van der Waals surface area contributed by atoms with Gasteiger partial charge in [-0.25, -0.2) is 4.39 Å². The Morgan fingerprint density at radius 3 is 2.88 bits per heavy atom. The molecule has 0 fully saturated rings. The summed E-state index contributed by atoms with van der Waals surface area (Å²) in [6, 6.07) is 14.0. The smallest absolute Gasteiger partial charge is 0.260 e. The molecule has 1 amide bonds. The van der Waals surface area contributed by atoms with Crippen LogP contribution in [0.5, 0.6) is 5.75 Å². The van der Waals surface area contributed by atoms with Crippen LogP contribution in [0.15, 0.2) is 48.5 Å². The highest BCUT2D eigenvalue weighted by atomic mass is 19.1. The monoisotopic (exact) mass is 324 g/mol. The molecule has 1 aliphatic heterocycles. The quantitative estimate of drug-likeness (QED) is 0.804. The summed E-state index contributed by atoms with van der Waals surface area (Å²) in [6.45, 7) is 1.19. The first kappa shape index (κ1) is 14.8. The van der Waals surface area contributed by atoms with Crippen molar-refractivity contribution < 1.29 is 13.9 Å². The van der Waals surface area contributed by atoms with Gasteiger partial charge in [0.05, 0.1) is 0 Å². The molecule has 24 heavy (non-hydrogen) atoms. The zero-order valence-corrected chi connectivity index (χ0v) is 13.1. The van der Waals surface area contributed by atoms with Crippen molar-refractivity contribution in [2.45, 2.75) is 13.0 Å². The molecule has 2 heterocycles. The molecule has 0 unspecified atom stereocenters. The number of benzene rings is 2. The number of para-hydroxylation sites is 1. The van der Waals surface area contributed by atoms with Crippen LogP contribution >= 0.6 is 0 Å². The van der Waals surface area contributed by atoms with Crippen molar-refractivity contribution >= 4 is 16.8 Å². The van der Waals surface area contributed by atoms with Crippen molar-refractivity contribution in [1.29, 1.82) is 0 Å². The molecule has 1 aliphatic rings. The third kappa shape index (κ3) is 2.73. The second-order valence-corrected chi connectivity index (χ2v) is 5.94. The predicted molar refractivity (Wildman–Crippen MR) is 89.3 cm³/mol. The first-order valence-electron chi connectivity index (χ1n) is 7.95. The highest BCUT2D eigenvalue weighted by Gasteiger charge is 2.24. The number of H-pyrrole nitrogens is 1. The second kappa shape index (κ2) is 6.00. The van der Waals surface area contributed by atoms with E-state index in [1.54, 1.807) is 11.0 Å². The molecule has 0 bridgehead atoms. The SMILES string of the molecule is O=C(COc1ccccc1)N1CCc2[nH]c3cc(F)ccc3c2C1. The van der Waals surface area contributed by atoms with E-state index in [9.17, 15) is 9.18 Å². The van der Waals surface area contributed by atoms with Gasteiger partial charge in [-0.2, -0.15) is 0 Å². The number of aromatic nitrogens is 1. The van der Waals surface area contributed by atoms with Crippen molar-refractivity contribution in [3.63, 3.8) is 0 Å². The topological polar surface area (TPSA) is 45.3 Å². The zero-order chi connectivity index (χ0) is 16.5. The lowest BCUT2D eigenvalue weighted by molar-refractivity contribution is -0.134. The Balaban J connectivity index is 1.49. The first-order chi connectivity index (χ1) is 11.7. The predicted octanol–water partition coefficient (Wildman–Crippen LogP) is 3.27. The number of carbonyl (C=O) groups excluding carboxylic acids is 1. The van der Waals surface area contributed by atoms with E-state index in [0.717, 1.165) is 28.6 Å². The average molecular weight is 324 g/mol. The van der Waals surface area contributed by atoms with Gasteiger partial charge < -0.3 is 14.6 Å². The molecule has 3 aromatic rings. The number of fused-ring (bicyclic) bond motifs is 3. The average Bonchev–Trinajstić information content (AvgIpc) is 2.97. The van der Waals surface area contributed by atoms with Crippen molar-refractivity contribution in [2.24, 2.45) is 0 Å². The van der Waals surface area contributed by atoms with E-state index in [1.807, 2.05) is 30.3 Å². The van der Waals surface area contributed by atoms with Crippen LogP contribution in [0, 0.1) is 5.82 Å². The summed E-state index contributed by atoms with van der Waals surface area (Å²) in [5, 5.41) is 0.980. The van der Waals surface area contributed by atoms with Crippen LogP contribution < -0.4 is 4.74 Å². The summed E-state index contributed by atoms with van der Waals surface area (Å²) in [7, 11) is 0. The number of carbonyl (C=O) groups is 1. The number of halogens is 1. The summed E-state index contributed by atoms with van der Waals surface area (Å²) in [5.41, 5.74) is 2.95. The van der Waals surface area contributed by atoms with E-state index in [-0.39, 0.29) is 18.3 Å². The van der Waals surface area contributed by atoms with Gasteiger partial charge >= 0.3 is 0 Å². The van der Waals surface area contributed by atoms with Crippen LogP contribution in [0.4, 0.5) is 4.39 Å². The van der Waals surface area contributed by atoms with Crippen LogP contribution in [0.1, 0.15) is 11.3 Å². The van der Waals surface area contributed by atoms with Gasteiger partial charge in [0.2, 0.25) is 0 Å². The number of ether oxygens (including phenoxy) is 1. The molecule has 4 nitrogen and oxygen atoms in total. The molecule has 0 saturated heterocycles. The molecule has 1 aromatic heterocycles. The van der Waals surface area contributed by atoms with Gasteiger partial charge in [-0.05, 0) is 30.3 Å². The van der Waals surface area contributed by atoms with Crippen LogP contribution in [-0.2, 0) is 17.8 Å². The van der Waals surface area contributed by atoms with Crippen molar-refractivity contribution in [3.05, 3.63) is 65.6 Å². The van der Waals surface area contributed by atoms with Crippen LogP contribution in [0.25, 0.3) is 10.9 Å². The number of nitrogens with zero attached hydrogens (tertiary/aromatic N) is 1. The second-order valence-electron chi connectivity index (χ2n) is 5.94. The Hall–Kier alpha value is -2.82. The maximum absolute atomic E-state index is 13.4. The van der Waals surface area contributed by atoms with Gasteiger partial charge in [0.1, 0.15) is 11.6 Å². The Labute approximate surface area is 138 Å². The molecule has 122 valence electrons. The van der Waals surface area contributed by atoms with Crippen molar-refractivity contribution in [3.8, 4) is 5.75 Å². The largest absolute Gasteiger partial charge is 0.484 e. The third-order valence-electron chi connectivity index (χ3n) is 4.40. The summed E-state index contributed by atoms with van der Waals surface area (Å²) >= 11 is 0. The fraction of sp³-hybridized carbons (Fsp3) is 0.211. The van der Waals surface area contributed by atoms with Gasteiger partial charge in [-0.1, -0.05) is 18.2 Å². The minimum Gasteiger partial charge on any atom is -0.484 e. The number of aromatic amines is 1. The number of rotatable bonds is 3. The summed E-state index contributed by atoms with van der Waals surface area (Å²) in [5.74, 6) is 0.386. The summed E-state index contributed by atoms with van der Waals surface area (Å²) in [4.78, 5) is 17.5. The highest BCUT2D eigenvalue weighted by Crippen LogP contribution is 2.28. The number of nitrogens with one attached hydrogen (secondary N) is 1. The van der Waals surface area contributed by atoms with Crippen LogP contribution in [0.2, 0.25) is 0 Å². The van der Waals surface area contributed by atoms with Crippen molar-refractivity contribution in [1.82, 2.24) is 9.88 Å². The summed E-state index contributed by atoms with van der Waals surface area (Å²) < 4.78 is 18.9. The van der Waals surface area contributed by atoms with Crippen molar-refractivity contribution in [2.75, 3.05) is 13.2 Å².